The molecular formula is C19H21N3O3. The zero-order valence-electron chi connectivity index (χ0n) is 13.9. The predicted octanol–water partition coefficient (Wildman–Crippen LogP) is 1.83. The number of H-pyrrole nitrogens is 1. The summed E-state index contributed by atoms with van der Waals surface area (Å²) in [5.41, 5.74) is 6.91. The van der Waals surface area contributed by atoms with E-state index >= 15 is 0 Å². The summed E-state index contributed by atoms with van der Waals surface area (Å²) >= 11 is 0. The van der Waals surface area contributed by atoms with Gasteiger partial charge in [0.05, 0.1) is 0 Å². The van der Waals surface area contributed by atoms with Crippen molar-refractivity contribution in [1.82, 2.24) is 9.88 Å². The van der Waals surface area contributed by atoms with Gasteiger partial charge in [-0.15, -0.1) is 0 Å². The molecule has 1 spiro atoms. The van der Waals surface area contributed by atoms with E-state index in [1.807, 2.05) is 24.3 Å². The van der Waals surface area contributed by atoms with Gasteiger partial charge in [0, 0.05) is 50.2 Å². The van der Waals surface area contributed by atoms with Gasteiger partial charge in [0.15, 0.2) is 0 Å². The highest BCUT2D eigenvalue weighted by Crippen LogP contribution is 2.43. The van der Waals surface area contributed by atoms with Crippen molar-refractivity contribution in [3.63, 3.8) is 0 Å². The first-order valence-corrected chi connectivity index (χ1v) is 8.58. The van der Waals surface area contributed by atoms with Crippen molar-refractivity contribution in [3.8, 4) is 5.75 Å². The number of nitrogens with zero attached hydrogens (tertiary/aromatic N) is 1. The zero-order chi connectivity index (χ0) is 17.4. The lowest BCUT2D eigenvalue weighted by Crippen LogP contribution is -2.53. The summed E-state index contributed by atoms with van der Waals surface area (Å²) in [6, 6.07) is 11.1. The molecule has 2 aliphatic rings. The highest BCUT2D eigenvalue weighted by atomic mass is 16.5. The number of rotatable bonds is 1. The van der Waals surface area contributed by atoms with E-state index in [-0.39, 0.29) is 28.7 Å². The van der Waals surface area contributed by atoms with E-state index in [0.717, 1.165) is 17.7 Å². The van der Waals surface area contributed by atoms with Gasteiger partial charge in [-0.3, -0.25) is 9.59 Å². The molecular weight excluding hydrogens is 318 g/mol. The summed E-state index contributed by atoms with van der Waals surface area (Å²) in [5.74, 6) is 0.623. The van der Waals surface area contributed by atoms with Crippen LogP contribution in [-0.2, 0) is 0 Å². The smallest absolute Gasteiger partial charge is 0.260 e. The van der Waals surface area contributed by atoms with Crippen LogP contribution in [0, 0.1) is 0 Å². The fourth-order valence-corrected chi connectivity index (χ4v) is 3.85. The maximum Gasteiger partial charge on any atom is 0.260 e. The Morgan fingerprint density at radius 1 is 1.20 bits per heavy atom. The Balaban J connectivity index is 1.50. The number of hydrogen-bond donors (Lipinski definition) is 2. The summed E-state index contributed by atoms with van der Waals surface area (Å²) in [6.07, 6.45) is 3.70. The minimum Gasteiger partial charge on any atom is -0.487 e. The number of likely N-dealkylation sites (tertiary alicyclic amines) is 1. The number of pyridine rings is 1. The molecule has 1 unspecified atom stereocenters. The van der Waals surface area contributed by atoms with Crippen molar-refractivity contribution in [1.29, 1.82) is 0 Å². The van der Waals surface area contributed by atoms with Crippen LogP contribution in [0.3, 0.4) is 0 Å². The third kappa shape index (κ3) is 2.82. The van der Waals surface area contributed by atoms with Crippen LogP contribution in [0.15, 0.2) is 47.4 Å². The van der Waals surface area contributed by atoms with Gasteiger partial charge in [0.1, 0.15) is 16.9 Å². The molecule has 25 heavy (non-hydrogen) atoms. The summed E-state index contributed by atoms with van der Waals surface area (Å²) in [5, 5.41) is 0. The molecule has 0 bridgehead atoms. The molecule has 1 atom stereocenters. The molecule has 1 aromatic heterocycles. The number of piperidine rings is 1. The number of nitrogens with two attached hydrogens (primary N) is 1. The quantitative estimate of drug-likeness (QED) is 0.830. The predicted molar refractivity (Wildman–Crippen MR) is 93.5 cm³/mol. The number of para-hydroxylation sites is 1. The fourth-order valence-electron chi connectivity index (χ4n) is 3.85. The van der Waals surface area contributed by atoms with E-state index in [9.17, 15) is 9.59 Å². The summed E-state index contributed by atoms with van der Waals surface area (Å²) in [7, 11) is 0. The highest BCUT2D eigenvalue weighted by Gasteiger charge is 2.43. The standard InChI is InChI=1S/C19H21N3O3/c20-15-12-19(25-16-6-2-1-4-13(15)16)7-10-22(11-8-19)18(24)14-5-3-9-21-17(14)23/h1-6,9,15H,7-8,10-12,20H2,(H,21,23). The number of aromatic nitrogens is 1. The van der Waals surface area contributed by atoms with E-state index in [4.69, 9.17) is 10.5 Å². The van der Waals surface area contributed by atoms with Crippen molar-refractivity contribution < 1.29 is 9.53 Å². The SMILES string of the molecule is NC1CC2(CCN(C(=O)c3ccc[nH]c3=O)CC2)Oc2ccccc21. The van der Waals surface area contributed by atoms with E-state index in [1.54, 1.807) is 17.0 Å². The second-order valence-electron chi connectivity index (χ2n) is 6.84. The second kappa shape index (κ2) is 6.04. The molecule has 4 rings (SSSR count). The molecule has 1 aromatic carbocycles. The van der Waals surface area contributed by atoms with Gasteiger partial charge in [-0.05, 0) is 18.2 Å². The summed E-state index contributed by atoms with van der Waals surface area (Å²) in [4.78, 5) is 28.7. The Morgan fingerprint density at radius 2 is 1.96 bits per heavy atom. The highest BCUT2D eigenvalue weighted by molar-refractivity contribution is 5.93. The van der Waals surface area contributed by atoms with Gasteiger partial charge in [-0.25, -0.2) is 0 Å². The van der Waals surface area contributed by atoms with Crippen molar-refractivity contribution in [2.75, 3.05) is 13.1 Å². The maximum absolute atomic E-state index is 12.6. The molecule has 3 N–H and O–H groups in total. The number of ether oxygens (including phenoxy) is 1. The molecule has 0 aliphatic carbocycles. The van der Waals surface area contributed by atoms with Gasteiger partial charge in [0.2, 0.25) is 0 Å². The Hall–Kier alpha value is -2.60. The lowest BCUT2D eigenvalue weighted by atomic mass is 9.81. The van der Waals surface area contributed by atoms with E-state index in [0.29, 0.717) is 25.9 Å². The molecule has 3 heterocycles. The van der Waals surface area contributed by atoms with Crippen molar-refractivity contribution >= 4 is 5.91 Å². The monoisotopic (exact) mass is 339 g/mol. The molecule has 2 aromatic rings. The van der Waals surface area contributed by atoms with Crippen molar-refractivity contribution in [2.45, 2.75) is 30.9 Å². The number of amides is 1. The Kier molecular flexibility index (Phi) is 3.84. The molecule has 2 aliphatic heterocycles. The van der Waals surface area contributed by atoms with Crippen LogP contribution in [0.1, 0.15) is 41.2 Å². The van der Waals surface area contributed by atoms with Crippen LogP contribution in [0.4, 0.5) is 0 Å². The average molecular weight is 339 g/mol. The number of carbonyl (C=O) groups excluding carboxylic acids is 1. The van der Waals surface area contributed by atoms with Crippen LogP contribution in [-0.4, -0.2) is 34.5 Å². The number of benzene rings is 1. The number of fused-ring (bicyclic) bond motifs is 1. The lowest BCUT2D eigenvalue weighted by Gasteiger charge is -2.46. The molecule has 0 radical (unpaired) electrons. The number of aromatic amines is 1. The van der Waals surface area contributed by atoms with Gasteiger partial charge in [-0.1, -0.05) is 18.2 Å². The molecule has 1 saturated heterocycles. The third-order valence-corrected chi connectivity index (χ3v) is 5.25. The van der Waals surface area contributed by atoms with Crippen LogP contribution in [0.2, 0.25) is 0 Å². The lowest BCUT2D eigenvalue weighted by molar-refractivity contribution is -0.0175. The number of hydrogen-bond acceptors (Lipinski definition) is 4. The fraction of sp³-hybridized carbons (Fsp3) is 0.368. The van der Waals surface area contributed by atoms with Gasteiger partial charge < -0.3 is 20.4 Å². The Labute approximate surface area is 145 Å². The summed E-state index contributed by atoms with van der Waals surface area (Å²) < 4.78 is 6.30. The molecule has 0 saturated carbocycles. The minimum absolute atomic E-state index is 0.0517. The third-order valence-electron chi connectivity index (χ3n) is 5.25. The maximum atomic E-state index is 12.6. The zero-order valence-corrected chi connectivity index (χ0v) is 13.9. The van der Waals surface area contributed by atoms with Gasteiger partial charge in [0.25, 0.3) is 11.5 Å². The topological polar surface area (TPSA) is 88.4 Å². The summed E-state index contributed by atoms with van der Waals surface area (Å²) in [6.45, 7) is 1.12. The van der Waals surface area contributed by atoms with Crippen molar-refractivity contribution in [3.05, 3.63) is 64.1 Å². The van der Waals surface area contributed by atoms with Crippen LogP contribution in [0.5, 0.6) is 5.75 Å². The van der Waals surface area contributed by atoms with Crippen molar-refractivity contribution in [2.24, 2.45) is 5.73 Å². The van der Waals surface area contributed by atoms with Gasteiger partial charge in [-0.2, -0.15) is 0 Å². The average Bonchev–Trinajstić information content (AvgIpc) is 2.62. The van der Waals surface area contributed by atoms with E-state index in [2.05, 4.69) is 4.98 Å². The number of nitrogens with one attached hydrogen (secondary N) is 1. The normalized spacial score (nSPS) is 21.5. The molecule has 6 nitrogen and oxygen atoms in total. The number of carbonyl (C=O) groups is 1. The molecule has 1 fully saturated rings. The Morgan fingerprint density at radius 3 is 2.72 bits per heavy atom. The first kappa shape index (κ1) is 15.9. The van der Waals surface area contributed by atoms with E-state index < -0.39 is 0 Å². The van der Waals surface area contributed by atoms with Crippen LogP contribution >= 0.6 is 0 Å². The Bertz CT molecular complexity index is 853. The molecule has 130 valence electrons. The van der Waals surface area contributed by atoms with E-state index in [1.165, 1.54) is 6.20 Å². The van der Waals surface area contributed by atoms with Crippen LogP contribution < -0.4 is 16.0 Å². The second-order valence-corrected chi connectivity index (χ2v) is 6.84. The molecule has 6 heteroatoms. The molecule has 1 amide bonds. The largest absolute Gasteiger partial charge is 0.487 e. The first-order chi connectivity index (χ1) is 12.1. The van der Waals surface area contributed by atoms with Gasteiger partial charge >= 0.3 is 0 Å². The van der Waals surface area contributed by atoms with Crippen LogP contribution in [0.25, 0.3) is 0 Å². The minimum atomic E-state index is -0.349. The first-order valence-electron chi connectivity index (χ1n) is 8.58.